The van der Waals surface area contributed by atoms with Crippen molar-refractivity contribution in [3.05, 3.63) is 18.0 Å². The van der Waals surface area contributed by atoms with Crippen molar-refractivity contribution in [2.75, 3.05) is 13.1 Å². The van der Waals surface area contributed by atoms with Gasteiger partial charge < -0.3 is 5.32 Å². The van der Waals surface area contributed by atoms with Crippen LogP contribution >= 0.6 is 0 Å². The molecule has 0 saturated carbocycles. The molecule has 3 nitrogen and oxygen atoms in total. The van der Waals surface area contributed by atoms with Gasteiger partial charge in [0.05, 0.1) is 5.69 Å². The number of piperidine rings is 1. The first-order valence-corrected chi connectivity index (χ1v) is 6.91. The summed E-state index contributed by atoms with van der Waals surface area (Å²) in [7, 11) is 0. The number of hydrogen-bond acceptors (Lipinski definition) is 2. The Hall–Kier alpha value is -0.830. The molecule has 1 unspecified atom stereocenters. The predicted octanol–water partition coefficient (Wildman–Crippen LogP) is 2.64. The molecule has 1 aliphatic heterocycles. The summed E-state index contributed by atoms with van der Waals surface area (Å²) in [6.07, 6.45) is 4.71. The van der Waals surface area contributed by atoms with E-state index in [-0.39, 0.29) is 0 Å². The molecule has 0 aromatic carbocycles. The van der Waals surface area contributed by atoms with Crippen LogP contribution in [0.4, 0.5) is 0 Å². The summed E-state index contributed by atoms with van der Waals surface area (Å²) >= 11 is 0. The van der Waals surface area contributed by atoms with Crippen molar-refractivity contribution in [3.63, 3.8) is 0 Å². The van der Waals surface area contributed by atoms with Crippen LogP contribution in [0.2, 0.25) is 0 Å². The Morgan fingerprint density at radius 2 is 2.06 bits per heavy atom. The topological polar surface area (TPSA) is 29.9 Å². The number of nitrogens with one attached hydrogen (secondary N) is 1. The zero-order valence-corrected chi connectivity index (χ0v) is 11.3. The Morgan fingerprint density at radius 1 is 1.35 bits per heavy atom. The highest BCUT2D eigenvalue weighted by atomic mass is 15.3. The fourth-order valence-corrected chi connectivity index (χ4v) is 2.68. The smallest absolute Gasteiger partial charge is 0.0655 e. The largest absolute Gasteiger partial charge is 0.317 e. The average molecular weight is 235 g/mol. The van der Waals surface area contributed by atoms with Crippen LogP contribution in [0.5, 0.6) is 0 Å². The lowest BCUT2D eigenvalue weighted by Gasteiger charge is -2.27. The summed E-state index contributed by atoms with van der Waals surface area (Å²) in [6, 6.07) is 2.20. The Kier molecular flexibility index (Phi) is 4.21. The van der Waals surface area contributed by atoms with E-state index in [2.05, 4.69) is 43.0 Å². The first-order chi connectivity index (χ1) is 8.16. The summed E-state index contributed by atoms with van der Waals surface area (Å²) in [4.78, 5) is 0. The summed E-state index contributed by atoms with van der Waals surface area (Å²) in [5.74, 6) is 2.07. The predicted molar refractivity (Wildman–Crippen MR) is 71.1 cm³/mol. The molecule has 1 fully saturated rings. The minimum Gasteiger partial charge on any atom is -0.317 e. The molecule has 3 heteroatoms. The van der Waals surface area contributed by atoms with Gasteiger partial charge in [-0.05, 0) is 43.8 Å². The molecule has 1 aromatic rings. The second-order valence-corrected chi connectivity index (χ2v) is 5.73. The molecule has 1 saturated heterocycles. The van der Waals surface area contributed by atoms with Crippen LogP contribution in [0, 0.1) is 11.8 Å². The molecule has 96 valence electrons. The van der Waals surface area contributed by atoms with Crippen molar-refractivity contribution in [3.8, 4) is 0 Å². The van der Waals surface area contributed by atoms with Crippen LogP contribution in [0.25, 0.3) is 0 Å². The van der Waals surface area contributed by atoms with Crippen molar-refractivity contribution in [2.45, 2.75) is 46.1 Å². The van der Waals surface area contributed by atoms with Crippen molar-refractivity contribution >= 4 is 0 Å². The van der Waals surface area contributed by atoms with Gasteiger partial charge >= 0.3 is 0 Å². The molecule has 0 bridgehead atoms. The molecule has 0 spiro atoms. The molecule has 0 amide bonds. The van der Waals surface area contributed by atoms with E-state index in [9.17, 15) is 0 Å². The van der Waals surface area contributed by atoms with Crippen molar-refractivity contribution in [2.24, 2.45) is 11.8 Å². The van der Waals surface area contributed by atoms with Gasteiger partial charge in [0.1, 0.15) is 0 Å². The van der Waals surface area contributed by atoms with Gasteiger partial charge in [0.15, 0.2) is 0 Å². The highest BCUT2D eigenvalue weighted by Crippen LogP contribution is 2.29. The number of aromatic nitrogens is 2. The fraction of sp³-hybridized carbons (Fsp3) is 0.786. The maximum atomic E-state index is 4.72. The van der Waals surface area contributed by atoms with E-state index >= 15 is 0 Å². The van der Waals surface area contributed by atoms with E-state index < -0.39 is 0 Å². The maximum Gasteiger partial charge on any atom is 0.0655 e. The lowest BCUT2D eigenvalue weighted by atomic mass is 9.84. The molecular formula is C14H25N3. The van der Waals surface area contributed by atoms with Gasteiger partial charge in [0, 0.05) is 18.7 Å². The standard InChI is InChI=1S/C14H25N3/c1-11(2)10-17-9-6-14(16-17)12(3)13-4-7-15-8-5-13/h6,9,11-13,15H,4-5,7-8,10H2,1-3H3. The SMILES string of the molecule is CC(C)Cn1ccc(C(C)C2CCNCC2)n1. The Labute approximate surface area is 105 Å². The highest BCUT2D eigenvalue weighted by molar-refractivity contribution is 5.07. The van der Waals surface area contributed by atoms with E-state index in [1.165, 1.54) is 31.6 Å². The third-order valence-corrected chi connectivity index (χ3v) is 3.77. The van der Waals surface area contributed by atoms with Crippen LogP contribution in [0.15, 0.2) is 12.3 Å². The number of hydrogen-bond donors (Lipinski definition) is 1. The van der Waals surface area contributed by atoms with E-state index in [1.54, 1.807) is 0 Å². The highest BCUT2D eigenvalue weighted by Gasteiger charge is 2.22. The molecule has 1 N–H and O–H groups in total. The normalized spacial score (nSPS) is 19.8. The number of nitrogens with zero attached hydrogens (tertiary/aromatic N) is 2. The third kappa shape index (κ3) is 3.32. The second kappa shape index (κ2) is 5.67. The molecule has 0 radical (unpaired) electrons. The summed E-state index contributed by atoms with van der Waals surface area (Å²) in [5, 5.41) is 8.15. The zero-order chi connectivity index (χ0) is 12.3. The van der Waals surface area contributed by atoms with Crippen LogP contribution in [-0.4, -0.2) is 22.9 Å². The first kappa shape index (κ1) is 12.6. The van der Waals surface area contributed by atoms with Gasteiger partial charge in [-0.1, -0.05) is 20.8 Å². The minimum atomic E-state index is 0.602. The van der Waals surface area contributed by atoms with Crippen molar-refractivity contribution in [1.29, 1.82) is 0 Å². The van der Waals surface area contributed by atoms with E-state index in [4.69, 9.17) is 5.10 Å². The van der Waals surface area contributed by atoms with Crippen molar-refractivity contribution in [1.82, 2.24) is 15.1 Å². The molecule has 1 aliphatic rings. The molecule has 1 atom stereocenters. The second-order valence-electron chi connectivity index (χ2n) is 5.73. The monoisotopic (exact) mass is 235 g/mol. The Bertz CT molecular complexity index is 337. The lowest BCUT2D eigenvalue weighted by molar-refractivity contribution is 0.324. The molecular weight excluding hydrogens is 210 g/mol. The van der Waals surface area contributed by atoms with E-state index in [0.717, 1.165) is 12.5 Å². The fourth-order valence-electron chi connectivity index (χ4n) is 2.68. The average Bonchev–Trinajstić information content (AvgIpc) is 2.77. The van der Waals surface area contributed by atoms with Gasteiger partial charge in [-0.2, -0.15) is 5.10 Å². The maximum absolute atomic E-state index is 4.72. The molecule has 0 aliphatic carbocycles. The summed E-state index contributed by atoms with van der Waals surface area (Å²) < 4.78 is 2.09. The van der Waals surface area contributed by atoms with E-state index in [0.29, 0.717) is 11.8 Å². The van der Waals surface area contributed by atoms with Crippen molar-refractivity contribution < 1.29 is 0 Å². The van der Waals surface area contributed by atoms with Crippen LogP contribution in [0.1, 0.15) is 45.2 Å². The van der Waals surface area contributed by atoms with Gasteiger partial charge in [-0.25, -0.2) is 0 Å². The van der Waals surface area contributed by atoms with Gasteiger partial charge in [-0.3, -0.25) is 4.68 Å². The number of rotatable bonds is 4. The van der Waals surface area contributed by atoms with Crippen LogP contribution in [-0.2, 0) is 6.54 Å². The van der Waals surface area contributed by atoms with Crippen LogP contribution in [0.3, 0.4) is 0 Å². The first-order valence-electron chi connectivity index (χ1n) is 6.91. The van der Waals surface area contributed by atoms with Crippen LogP contribution < -0.4 is 5.32 Å². The lowest BCUT2D eigenvalue weighted by Crippen LogP contribution is -2.30. The molecule has 2 heterocycles. The molecule has 1 aromatic heterocycles. The van der Waals surface area contributed by atoms with Gasteiger partial charge in [0.2, 0.25) is 0 Å². The third-order valence-electron chi connectivity index (χ3n) is 3.77. The summed E-state index contributed by atoms with van der Waals surface area (Å²) in [6.45, 7) is 10.2. The van der Waals surface area contributed by atoms with Gasteiger partial charge in [0.25, 0.3) is 0 Å². The Morgan fingerprint density at radius 3 is 2.71 bits per heavy atom. The van der Waals surface area contributed by atoms with Gasteiger partial charge in [-0.15, -0.1) is 0 Å². The molecule has 17 heavy (non-hydrogen) atoms. The van der Waals surface area contributed by atoms with E-state index in [1.807, 2.05) is 0 Å². The quantitative estimate of drug-likeness (QED) is 0.869. The Balaban J connectivity index is 1.98. The minimum absolute atomic E-state index is 0.602. The zero-order valence-electron chi connectivity index (χ0n) is 11.3. The summed E-state index contributed by atoms with van der Waals surface area (Å²) in [5.41, 5.74) is 1.28. The molecule has 2 rings (SSSR count).